The molecule has 21 heavy (non-hydrogen) atoms. The van der Waals surface area contributed by atoms with Crippen molar-refractivity contribution >= 4 is 5.69 Å². The minimum Gasteiger partial charge on any atom is -0.368 e. The summed E-state index contributed by atoms with van der Waals surface area (Å²) in [6, 6.07) is 10.9. The maximum atomic E-state index is 3.55. The molecule has 1 N–H and O–H groups in total. The molecule has 1 aliphatic heterocycles. The third-order valence-electron chi connectivity index (χ3n) is 4.88. The maximum Gasteiger partial charge on any atom is 0.0367 e. The molecular weight excluding hydrogens is 258 g/mol. The summed E-state index contributed by atoms with van der Waals surface area (Å²) < 4.78 is 0. The van der Waals surface area contributed by atoms with E-state index in [2.05, 4.69) is 74.1 Å². The van der Waals surface area contributed by atoms with Crippen molar-refractivity contribution in [1.82, 2.24) is 10.2 Å². The van der Waals surface area contributed by atoms with Gasteiger partial charge in [0.1, 0.15) is 0 Å². The first kappa shape index (κ1) is 16.3. The van der Waals surface area contributed by atoms with Crippen LogP contribution in [-0.4, -0.2) is 43.7 Å². The van der Waals surface area contributed by atoms with Gasteiger partial charge in [-0.2, -0.15) is 0 Å². The highest BCUT2D eigenvalue weighted by molar-refractivity contribution is 5.49. The molecule has 1 aliphatic rings. The Morgan fingerprint density at radius 1 is 1.10 bits per heavy atom. The third kappa shape index (κ3) is 3.78. The van der Waals surface area contributed by atoms with E-state index in [1.807, 2.05) is 0 Å². The van der Waals surface area contributed by atoms with Crippen molar-refractivity contribution in [2.75, 3.05) is 31.6 Å². The van der Waals surface area contributed by atoms with Crippen LogP contribution in [0, 0.1) is 0 Å². The molecular formula is C18H31N3. The van der Waals surface area contributed by atoms with Crippen molar-refractivity contribution in [3.8, 4) is 0 Å². The molecule has 1 fully saturated rings. The number of anilines is 1. The lowest BCUT2D eigenvalue weighted by Gasteiger charge is -2.43. The van der Waals surface area contributed by atoms with Gasteiger partial charge >= 0.3 is 0 Å². The van der Waals surface area contributed by atoms with Crippen molar-refractivity contribution in [3.63, 3.8) is 0 Å². The van der Waals surface area contributed by atoms with Gasteiger partial charge in [0.25, 0.3) is 0 Å². The Kier molecular flexibility index (Phi) is 5.65. The second-order valence-electron chi connectivity index (χ2n) is 6.38. The zero-order valence-corrected chi connectivity index (χ0v) is 14.3. The van der Waals surface area contributed by atoms with Crippen LogP contribution < -0.4 is 10.2 Å². The summed E-state index contributed by atoms with van der Waals surface area (Å²) in [5, 5.41) is 3.55. The van der Waals surface area contributed by atoms with E-state index < -0.39 is 0 Å². The van der Waals surface area contributed by atoms with E-state index >= 15 is 0 Å². The Morgan fingerprint density at radius 2 is 1.67 bits per heavy atom. The molecule has 1 saturated heterocycles. The molecule has 0 amide bonds. The average Bonchev–Trinajstić information content (AvgIpc) is 2.50. The van der Waals surface area contributed by atoms with Gasteiger partial charge in [-0.1, -0.05) is 26.0 Å². The molecule has 118 valence electrons. The van der Waals surface area contributed by atoms with Gasteiger partial charge in [0.2, 0.25) is 0 Å². The molecule has 0 radical (unpaired) electrons. The van der Waals surface area contributed by atoms with E-state index in [-0.39, 0.29) is 0 Å². The van der Waals surface area contributed by atoms with E-state index in [4.69, 9.17) is 0 Å². The van der Waals surface area contributed by atoms with Crippen molar-refractivity contribution in [1.29, 1.82) is 0 Å². The second kappa shape index (κ2) is 7.28. The highest BCUT2D eigenvalue weighted by Gasteiger charge is 2.26. The SMILES string of the molecule is CCNC(CC)c1ccc(N2CC(C)N(C)C(C)C2)cc1. The number of hydrogen-bond acceptors (Lipinski definition) is 3. The summed E-state index contributed by atoms with van der Waals surface area (Å²) in [5.41, 5.74) is 2.76. The van der Waals surface area contributed by atoms with Crippen LogP contribution in [-0.2, 0) is 0 Å². The molecule has 3 nitrogen and oxygen atoms in total. The van der Waals surface area contributed by atoms with E-state index in [0.717, 1.165) is 26.1 Å². The minimum absolute atomic E-state index is 0.481. The molecule has 1 heterocycles. The van der Waals surface area contributed by atoms with E-state index in [1.54, 1.807) is 0 Å². The average molecular weight is 289 g/mol. The number of likely N-dealkylation sites (N-methyl/N-ethyl adjacent to an activating group) is 1. The Balaban J connectivity index is 2.08. The number of rotatable bonds is 5. The van der Waals surface area contributed by atoms with E-state index in [0.29, 0.717) is 18.1 Å². The molecule has 1 aromatic carbocycles. The summed E-state index contributed by atoms with van der Waals surface area (Å²) in [6.07, 6.45) is 1.13. The Hall–Kier alpha value is -1.06. The van der Waals surface area contributed by atoms with Crippen LogP contribution in [0.5, 0.6) is 0 Å². The maximum absolute atomic E-state index is 3.55. The lowest BCUT2D eigenvalue weighted by molar-refractivity contribution is 0.170. The summed E-state index contributed by atoms with van der Waals surface area (Å²) in [4.78, 5) is 5.00. The monoisotopic (exact) mass is 289 g/mol. The van der Waals surface area contributed by atoms with Gasteiger partial charge in [0.15, 0.2) is 0 Å². The van der Waals surface area contributed by atoms with Crippen LogP contribution in [0.4, 0.5) is 5.69 Å². The predicted octanol–water partition coefficient (Wildman–Crippen LogP) is 3.28. The first-order valence-electron chi connectivity index (χ1n) is 8.37. The largest absolute Gasteiger partial charge is 0.368 e. The molecule has 0 aromatic heterocycles. The molecule has 0 bridgehead atoms. The summed E-state index contributed by atoms with van der Waals surface area (Å²) in [7, 11) is 2.23. The lowest BCUT2D eigenvalue weighted by Crippen LogP contribution is -2.55. The molecule has 1 aromatic rings. The third-order valence-corrected chi connectivity index (χ3v) is 4.88. The van der Waals surface area contributed by atoms with Crippen LogP contribution in [0.3, 0.4) is 0 Å². The van der Waals surface area contributed by atoms with Crippen LogP contribution in [0.2, 0.25) is 0 Å². The molecule has 0 saturated carbocycles. The van der Waals surface area contributed by atoms with Gasteiger partial charge in [-0.05, 0) is 51.6 Å². The Bertz CT molecular complexity index is 417. The normalized spacial score (nSPS) is 25.1. The van der Waals surface area contributed by atoms with Crippen molar-refractivity contribution in [2.24, 2.45) is 0 Å². The first-order chi connectivity index (χ1) is 10.1. The zero-order valence-electron chi connectivity index (χ0n) is 14.3. The first-order valence-corrected chi connectivity index (χ1v) is 8.37. The quantitative estimate of drug-likeness (QED) is 0.897. The smallest absolute Gasteiger partial charge is 0.0367 e. The molecule has 3 heteroatoms. The van der Waals surface area contributed by atoms with Crippen LogP contribution in [0.15, 0.2) is 24.3 Å². The van der Waals surface area contributed by atoms with Gasteiger partial charge in [0, 0.05) is 36.9 Å². The fraction of sp³-hybridized carbons (Fsp3) is 0.667. The summed E-state index contributed by atoms with van der Waals surface area (Å²) in [5.74, 6) is 0. The topological polar surface area (TPSA) is 18.5 Å². The number of hydrogen-bond donors (Lipinski definition) is 1. The summed E-state index contributed by atoms with van der Waals surface area (Å²) >= 11 is 0. The standard InChI is InChI=1S/C18H31N3/c1-6-18(19-7-2)16-8-10-17(11-9-16)21-12-14(3)20(5)15(4)13-21/h8-11,14-15,18-19H,6-7,12-13H2,1-5H3. The summed E-state index contributed by atoms with van der Waals surface area (Å²) in [6.45, 7) is 12.3. The lowest BCUT2D eigenvalue weighted by atomic mass is 10.0. The van der Waals surface area contributed by atoms with Crippen LogP contribution in [0.1, 0.15) is 45.7 Å². The van der Waals surface area contributed by atoms with Crippen LogP contribution in [0.25, 0.3) is 0 Å². The molecule has 0 aliphatic carbocycles. The van der Waals surface area contributed by atoms with Crippen molar-refractivity contribution in [3.05, 3.63) is 29.8 Å². The van der Waals surface area contributed by atoms with E-state index in [9.17, 15) is 0 Å². The Labute approximate surface area is 130 Å². The predicted molar refractivity (Wildman–Crippen MR) is 92.1 cm³/mol. The van der Waals surface area contributed by atoms with Gasteiger partial charge in [0.05, 0.1) is 0 Å². The number of nitrogens with one attached hydrogen (secondary N) is 1. The number of benzene rings is 1. The molecule has 2 rings (SSSR count). The highest BCUT2D eigenvalue weighted by Crippen LogP contribution is 2.24. The van der Waals surface area contributed by atoms with Crippen molar-refractivity contribution in [2.45, 2.75) is 52.2 Å². The zero-order chi connectivity index (χ0) is 15.4. The Morgan fingerprint density at radius 3 is 2.14 bits per heavy atom. The second-order valence-corrected chi connectivity index (χ2v) is 6.38. The van der Waals surface area contributed by atoms with Gasteiger partial charge < -0.3 is 10.2 Å². The fourth-order valence-electron chi connectivity index (χ4n) is 3.28. The number of nitrogens with zero attached hydrogens (tertiary/aromatic N) is 2. The van der Waals surface area contributed by atoms with Gasteiger partial charge in [-0.3, -0.25) is 4.90 Å². The molecule has 0 spiro atoms. The van der Waals surface area contributed by atoms with Gasteiger partial charge in [-0.25, -0.2) is 0 Å². The molecule has 3 unspecified atom stereocenters. The van der Waals surface area contributed by atoms with Gasteiger partial charge in [-0.15, -0.1) is 0 Å². The highest BCUT2D eigenvalue weighted by atomic mass is 15.3. The van der Waals surface area contributed by atoms with Crippen LogP contribution >= 0.6 is 0 Å². The van der Waals surface area contributed by atoms with E-state index in [1.165, 1.54) is 11.3 Å². The minimum atomic E-state index is 0.481. The van der Waals surface area contributed by atoms with Crippen molar-refractivity contribution < 1.29 is 0 Å². The fourth-order valence-corrected chi connectivity index (χ4v) is 3.28. The molecule has 3 atom stereocenters. The number of piperazine rings is 1.